The molecule has 1 saturated carbocycles. The fourth-order valence-corrected chi connectivity index (χ4v) is 2.74. The van der Waals surface area contributed by atoms with Gasteiger partial charge in [0.2, 0.25) is 0 Å². The normalized spacial score (nSPS) is 23.8. The molecule has 1 aliphatic heterocycles. The second-order valence-electron chi connectivity index (χ2n) is 7.37. The van der Waals surface area contributed by atoms with Crippen LogP contribution in [0.3, 0.4) is 0 Å². The number of hydrogen-bond acceptors (Lipinski definition) is 3. The van der Waals surface area contributed by atoms with Crippen molar-refractivity contribution in [1.29, 1.82) is 0 Å². The lowest BCUT2D eigenvalue weighted by atomic mass is 9.98. The van der Waals surface area contributed by atoms with Gasteiger partial charge in [-0.15, -0.1) is 0 Å². The van der Waals surface area contributed by atoms with Crippen molar-refractivity contribution in [3.05, 3.63) is 0 Å². The van der Waals surface area contributed by atoms with E-state index < -0.39 is 5.60 Å². The Morgan fingerprint density at radius 3 is 2.65 bits per heavy atom. The lowest BCUT2D eigenvalue weighted by Gasteiger charge is -2.34. The van der Waals surface area contributed by atoms with Crippen molar-refractivity contribution < 1.29 is 9.53 Å². The quantitative estimate of drug-likeness (QED) is 0.788. The van der Waals surface area contributed by atoms with E-state index in [9.17, 15) is 4.79 Å². The van der Waals surface area contributed by atoms with Crippen LogP contribution in [0.4, 0.5) is 4.79 Å². The molecule has 4 nitrogen and oxygen atoms in total. The molecule has 1 atom stereocenters. The Bertz CT molecular complexity index is 321. The van der Waals surface area contributed by atoms with Gasteiger partial charge in [0.05, 0.1) is 0 Å². The van der Waals surface area contributed by atoms with Crippen LogP contribution in [0, 0.1) is 11.8 Å². The Balaban J connectivity index is 1.66. The van der Waals surface area contributed by atoms with Gasteiger partial charge in [0.15, 0.2) is 0 Å². The van der Waals surface area contributed by atoms with E-state index in [2.05, 4.69) is 5.32 Å². The van der Waals surface area contributed by atoms with Crippen molar-refractivity contribution in [2.75, 3.05) is 26.2 Å². The predicted molar refractivity (Wildman–Crippen MR) is 80.7 cm³/mol. The summed E-state index contributed by atoms with van der Waals surface area (Å²) in [5, 5.41) is 3.56. The molecule has 0 radical (unpaired) electrons. The molecule has 1 unspecified atom stereocenters. The Hall–Kier alpha value is -0.770. The number of nitrogens with zero attached hydrogens (tertiary/aromatic N) is 1. The van der Waals surface area contributed by atoms with E-state index in [1.807, 2.05) is 25.7 Å². The van der Waals surface area contributed by atoms with Crippen LogP contribution < -0.4 is 5.32 Å². The Morgan fingerprint density at radius 2 is 2.00 bits per heavy atom. The third kappa shape index (κ3) is 5.70. The van der Waals surface area contributed by atoms with E-state index in [1.54, 1.807) is 0 Å². The maximum atomic E-state index is 12.1. The first-order valence-corrected chi connectivity index (χ1v) is 8.13. The van der Waals surface area contributed by atoms with Crippen LogP contribution in [0.5, 0.6) is 0 Å². The zero-order valence-corrected chi connectivity index (χ0v) is 13.3. The lowest BCUT2D eigenvalue weighted by Crippen LogP contribution is -2.45. The fraction of sp³-hybridized carbons (Fsp3) is 0.938. The standard InChI is InChI=1S/C16H30N2O2/c1-16(2,3)20-15(19)18-10-4-5-14(12-18)11-17-9-8-13-6-7-13/h13-14,17H,4-12H2,1-3H3. The molecule has 1 saturated heterocycles. The number of carbonyl (C=O) groups excluding carboxylic acids is 1. The first kappa shape index (κ1) is 15.6. The smallest absolute Gasteiger partial charge is 0.410 e. The molecule has 4 heteroatoms. The Labute approximate surface area is 123 Å². The van der Waals surface area contributed by atoms with Crippen LogP contribution in [-0.2, 0) is 4.74 Å². The van der Waals surface area contributed by atoms with Crippen LogP contribution >= 0.6 is 0 Å². The number of amides is 1. The van der Waals surface area contributed by atoms with E-state index in [4.69, 9.17) is 4.74 Å². The number of rotatable bonds is 5. The molecule has 1 N–H and O–H groups in total. The van der Waals surface area contributed by atoms with Crippen molar-refractivity contribution in [2.24, 2.45) is 11.8 Å². The second-order valence-corrected chi connectivity index (χ2v) is 7.37. The maximum Gasteiger partial charge on any atom is 0.410 e. The summed E-state index contributed by atoms with van der Waals surface area (Å²) in [5.41, 5.74) is -0.396. The Morgan fingerprint density at radius 1 is 1.25 bits per heavy atom. The van der Waals surface area contributed by atoms with Gasteiger partial charge in [0, 0.05) is 13.1 Å². The molecule has 1 amide bonds. The summed E-state index contributed by atoms with van der Waals surface area (Å²) in [5.74, 6) is 1.57. The summed E-state index contributed by atoms with van der Waals surface area (Å²) in [7, 11) is 0. The third-order valence-electron chi connectivity index (χ3n) is 4.03. The minimum Gasteiger partial charge on any atom is -0.444 e. The van der Waals surface area contributed by atoms with Gasteiger partial charge in [-0.1, -0.05) is 12.8 Å². The van der Waals surface area contributed by atoms with E-state index >= 15 is 0 Å². The highest BCUT2D eigenvalue weighted by molar-refractivity contribution is 5.68. The summed E-state index contributed by atoms with van der Waals surface area (Å²) in [6.07, 6.45) is 6.33. The van der Waals surface area contributed by atoms with Crippen molar-refractivity contribution in [2.45, 2.75) is 58.5 Å². The number of likely N-dealkylation sites (tertiary alicyclic amines) is 1. The molecule has 2 rings (SSSR count). The SMILES string of the molecule is CC(C)(C)OC(=O)N1CCCC(CNCCC2CC2)C1. The summed E-state index contributed by atoms with van der Waals surface area (Å²) < 4.78 is 5.46. The topological polar surface area (TPSA) is 41.6 Å². The number of hydrogen-bond donors (Lipinski definition) is 1. The van der Waals surface area contributed by atoms with Gasteiger partial charge in [-0.05, 0) is 65.0 Å². The highest BCUT2D eigenvalue weighted by atomic mass is 16.6. The Kier molecular flexibility index (Phi) is 5.30. The first-order valence-electron chi connectivity index (χ1n) is 8.13. The molecule has 116 valence electrons. The average molecular weight is 282 g/mol. The van der Waals surface area contributed by atoms with E-state index in [0.717, 1.165) is 38.5 Å². The zero-order chi connectivity index (χ0) is 14.6. The largest absolute Gasteiger partial charge is 0.444 e. The molecule has 0 aromatic heterocycles. The highest BCUT2D eigenvalue weighted by Crippen LogP contribution is 2.31. The molecular formula is C16H30N2O2. The first-order chi connectivity index (χ1) is 9.44. The summed E-state index contributed by atoms with van der Waals surface area (Å²) in [4.78, 5) is 13.9. The second kappa shape index (κ2) is 6.79. The summed E-state index contributed by atoms with van der Waals surface area (Å²) >= 11 is 0. The van der Waals surface area contributed by atoms with Gasteiger partial charge in [0.25, 0.3) is 0 Å². The molecule has 0 bridgehead atoms. The maximum absolute atomic E-state index is 12.1. The molecule has 0 spiro atoms. The van der Waals surface area contributed by atoms with Crippen LogP contribution in [0.1, 0.15) is 52.9 Å². The number of ether oxygens (including phenoxy) is 1. The minimum absolute atomic E-state index is 0.153. The van der Waals surface area contributed by atoms with Crippen molar-refractivity contribution in [3.8, 4) is 0 Å². The van der Waals surface area contributed by atoms with E-state index in [-0.39, 0.29) is 6.09 Å². The fourth-order valence-electron chi connectivity index (χ4n) is 2.74. The van der Waals surface area contributed by atoms with E-state index in [0.29, 0.717) is 5.92 Å². The van der Waals surface area contributed by atoms with Crippen LogP contribution in [0.2, 0.25) is 0 Å². The number of nitrogens with one attached hydrogen (secondary N) is 1. The summed E-state index contributed by atoms with van der Waals surface area (Å²) in [6.45, 7) is 9.61. The predicted octanol–water partition coefficient (Wildman–Crippen LogP) is 3.02. The van der Waals surface area contributed by atoms with Crippen molar-refractivity contribution in [1.82, 2.24) is 10.2 Å². The van der Waals surface area contributed by atoms with Crippen molar-refractivity contribution in [3.63, 3.8) is 0 Å². The van der Waals surface area contributed by atoms with Gasteiger partial charge < -0.3 is 15.0 Å². The average Bonchev–Trinajstić information content (AvgIpc) is 3.17. The molecule has 2 aliphatic rings. The monoisotopic (exact) mass is 282 g/mol. The van der Waals surface area contributed by atoms with Gasteiger partial charge in [-0.2, -0.15) is 0 Å². The van der Waals surface area contributed by atoms with Gasteiger partial charge in [-0.25, -0.2) is 4.79 Å². The van der Waals surface area contributed by atoms with Crippen LogP contribution in [0.15, 0.2) is 0 Å². The van der Waals surface area contributed by atoms with E-state index in [1.165, 1.54) is 25.7 Å². The van der Waals surface area contributed by atoms with Crippen molar-refractivity contribution >= 4 is 6.09 Å². The van der Waals surface area contributed by atoms with Gasteiger partial charge in [-0.3, -0.25) is 0 Å². The molecule has 0 aromatic rings. The molecule has 1 aliphatic carbocycles. The number of carbonyl (C=O) groups is 1. The molecule has 1 heterocycles. The highest BCUT2D eigenvalue weighted by Gasteiger charge is 2.27. The lowest BCUT2D eigenvalue weighted by molar-refractivity contribution is 0.0166. The zero-order valence-electron chi connectivity index (χ0n) is 13.3. The molecule has 0 aromatic carbocycles. The molecular weight excluding hydrogens is 252 g/mol. The minimum atomic E-state index is -0.396. The van der Waals surface area contributed by atoms with Crippen LogP contribution in [-0.4, -0.2) is 42.8 Å². The molecule has 20 heavy (non-hydrogen) atoms. The summed E-state index contributed by atoms with van der Waals surface area (Å²) in [6, 6.07) is 0. The third-order valence-corrected chi connectivity index (χ3v) is 4.03. The molecule has 2 fully saturated rings. The number of piperidine rings is 1. The van der Waals surface area contributed by atoms with Gasteiger partial charge >= 0.3 is 6.09 Å². The van der Waals surface area contributed by atoms with Crippen LogP contribution in [0.25, 0.3) is 0 Å². The van der Waals surface area contributed by atoms with Gasteiger partial charge in [0.1, 0.15) is 5.60 Å².